The van der Waals surface area contributed by atoms with Gasteiger partial charge in [0.25, 0.3) is 0 Å². The van der Waals surface area contributed by atoms with Crippen molar-refractivity contribution >= 4 is 0 Å². The quantitative estimate of drug-likeness (QED) is 0.580. The van der Waals surface area contributed by atoms with Gasteiger partial charge in [0.1, 0.15) is 18.2 Å². The van der Waals surface area contributed by atoms with Crippen molar-refractivity contribution < 1.29 is 14.6 Å². The molecule has 0 spiro atoms. The predicted octanol–water partition coefficient (Wildman–Crippen LogP) is 2.61. The maximum Gasteiger partial charge on any atom is 0.213 e. The number of aromatic nitrogens is 1. The van der Waals surface area contributed by atoms with E-state index in [1.54, 1.807) is 13.3 Å². The molecule has 0 radical (unpaired) electrons. The van der Waals surface area contributed by atoms with Crippen molar-refractivity contribution in [2.24, 2.45) is 5.92 Å². The Hall–Kier alpha value is -2.39. The highest BCUT2D eigenvalue weighted by Gasteiger charge is 2.54. The SMILES string of the molecule is C#CC1N2CCC(CC2)C1(O)c1cnc(OCCOC)cc1Cc1ccccc1. The Balaban J connectivity index is 1.74. The highest BCUT2D eigenvalue weighted by atomic mass is 16.5. The molecule has 3 aliphatic heterocycles. The number of nitrogens with zero attached hydrogens (tertiary/aromatic N) is 2. The third kappa shape index (κ3) is 3.76. The molecule has 2 bridgehead atoms. The zero-order chi connectivity index (χ0) is 20.3. The summed E-state index contributed by atoms with van der Waals surface area (Å²) in [7, 11) is 1.64. The summed E-state index contributed by atoms with van der Waals surface area (Å²) >= 11 is 0. The second-order valence-corrected chi connectivity index (χ2v) is 7.89. The number of piperidine rings is 3. The molecule has 5 heteroatoms. The molecule has 0 amide bonds. The van der Waals surface area contributed by atoms with Gasteiger partial charge in [-0.2, -0.15) is 0 Å². The largest absolute Gasteiger partial charge is 0.475 e. The number of pyridine rings is 1. The number of rotatable bonds is 7. The van der Waals surface area contributed by atoms with Crippen LogP contribution in [0.25, 0.3) is 0 Å². The van der Waals surface area contributed by atoms with E-state index in [2.05, 4.69) is 27.9 Å². The Bertz CT molecular complexity index is 871. The normalized spacial score (nSPS) is 28.1. The Morgan fingerprint density at radius 1 is 1.24 bits per heavy atom. The second-order valence-electron chi connectivity index (χ2n) is 7.89. The van der Waals surface area contributed by atoms with E-state index in [9.17, 15) is 5.11 Å². The first-order valence-corrected chi connectivity index (χ1v) is 10.2. The molecule has 1 N–H and O–H groups in total. The Kier molecular flexibility index (Phi) is 5.86. The predicted molar refractivity (Wildman–Crippen MR) is 112 cm³/mol. The van der Waals surface area contributed by atoms with Crippen molar-refractivity contribution in [2.75, 3.05) is 33.4 Å². The van der Waals surface area contributed by atoms with E-state index in [0.717, 1.165) is 37.1 Å². The van der Waals surface area contributed by atoms with E-state index in [-0.39, 0.29) is 12.0 Å². The zero-order valence-corrected chi connectivity index (χ0v) is 16.9. The van der Waals surface area contributed by atoms with Gasteiger partial charge in [0.2, 0.25) is 5.88 Å². The van der Waals surface area contributed by atoms with Gasteiger partial charge in [-0.05, 0) is 49.4 Å². The summed E-state index contributed by atoms with van der Waals surface area (Å²) in [5, 5.41) is 12.0. The van der Waals surface area contributed by atoms with Gasteiger partial charge in [-0.3, -0.25) is 4.90 Å². The number of hydrogen-bond acceptors (Lipinski definition) is 5. The van der Waals surface area contributed by atoms with Crippen molar-refractivity contribution in [3.63, 3.8) is 0 Å². The smallest absolute Gasteiger partial charge is 0.213 e. The summed E-state index contributed by atoms with van der Waals surface area (Å²) in [5.41, 5.74) is 1.92. The Morgan fingerprint density at radius 2 is 2.00 bits per heavy atom. The van der Waals surface area contributed by atoms with Crippen molar-refractivity contribution in [1.82, 2.24) is 9.88 Å². The van der Waals surface area contributed by atoms with Gasteiger partial charge in [-0.25, -0.2) is 4.98 Å². The van der Waals surface area contributed by atoms with Crippen molar-refractivity contribution in [1.29, 1.82) is 0 Å². The number of aliphatic hydroxyl groups is 1. The van der Waals surface area contributed by atoms with Gasteiger partial charge in [0.05, 0.1) is 6.61 Å². The maximum absolute atomic E-state index is 12.0. The van der Waals surface area contributed by atoms with Crippen LogP contribution in [-0.4, -0.2) is 54.4 Å². The van der Waals surface area contributed by atoms with Crippen LogP contribution in [0.1, 0.15) is 29.5 Å². The van der Waals surface area contributed by atoms with Crippen LogP contribution < -0.4 is 4.74 Å². The average molecular weight is 392 g/mol. The lowest BCUT2D eigenvalue weighted by Gasteiger charge is -2.54. The first kappa shape index (κ1) is 19.9. The lowest BCUT2D eigenvalue weighted by molar-refractivity contribution is -0.143. The second kappa shape index (κ2) is 8.54. The highest BCUT2D eigenvalue weighted by Crippen LogP contribution is 2.48. The molecule has 2 unspecified atom stereocenters. The van der Waals surface area contributed by atoms with Crippen molar-refractivity contribution in [3.8, 4) is 18.2 Å². The summed E-state index contributed by atoms with van der Waals surface area (Å²) < 4.78 is 10.8. The summed E-state index contributed by atoms with van der Waals surface area (Å²) in [6.45, 7) is 2.82. The summed E-state index contributed by atoms with van der Waals surface area (Å²) in [5.74, 6) is 3.56. The minimum atomic E-state index is -1.09. The minimum Gasteiger partial charge on any atom is -0.475 e. The molecule has 1 aromatic carbocycles. The standard InChI is InChI=1S/C24H28N2O3/c1-3-22-24(27,20-9-11-26(22)12-10-20)21-17-25-23(29-14-13-28-2)16-19(21)15-18-7-5-4-6-8-18/h1,4-8,16-17,20,22,27H,9-15H2,2H3. The van der Waals surface area contributed by atoms with Crippen LogP contribution in [0.5, 0.6) is 5.88 Å². The fraction of sp³-hybridized carbons (Fsp3) is 0.458. The maximum atomic E-state index is 12.0. The number of methoxy groups -OCH3 is 1. The average Bonchev–Trinajstić information content (AvgIpc) is 2.75. The van der Waals surface area contributed by atoms with Gasteiger partial charge in [0, 0.05) is 24.9 Å². The van der Waals surface area contributed by atoms with Gasteiger partial charge in [-0.15, -0.1) is 6.42 Å². The third-order valence-electron chi connectivity index (χ3n) is 6.26. The molecule has 29 heavy (non-hydrogen) atoms. The molecule has 2 atom stereocenters. The molecule has 0 aliphatic carbocycles. The molecule has 3 saturated heterocycles. The number of benzene rings is 1. The molecule has 5 rings (SSSR count). The van der Waals surface area contributed by atoms with E-state index in [1.807, 2.05) is 24.3 Å². The van der Waals surface area contributed by atoms with Crippen LogP contribution >= 0.6 is 0 Å². The van der Waals surface area contributed by atoms with Gasteiger partial charge >= 0.3 is 0 Å². The molecular weight excluding hydrogens is 364 g/mol. The topological polar surface area (TPSA) is 54.8 Å². The summed E-state index contributed by atoms with van der Waals surface area (Å²) in [6, 6.07) is 11.9. The minimum absolute atomic E-state index is 0.144. The molecule has 4 heterocycles. The Morgan fingerprint density at radius 3 is 2.69 bits per heavy atom. The van der Waals surface area contributed by atoms with Gasteiger partial charge < -0.3 is 14.6 Å². The van der Waals surface area contributed by atoms with Crippen LogP contribution in [0, 0.1) is 18.3 Å². The third-order valence-corrected chi connectivity index (χ3v) is 6.26. The molecule has 5 nitrogen and oxygen atoms in total. The fourth-order valence-corrected chi connectivity index (χ4v) is 4.81. The highest BCUT2D eigenvalue weighted by molar-refractivity contribution is 5.41. The van der Waals surface area contributed by atoms with Crippen LogP contribution in [0.4, 0.5) is 0 Å². The molecular formula is C24H28N2O3. The number of hydrogen-bond donors (Lipinski definition) is 1. The monoisotopic (exact) mass is 392 g/mol. The van der Waals surface area contributed by atoms with E-state index in [1.165, 1.54) is 5.56 Å². The summed E-state index contributed by atoms with van der Waals surface area (Å²) in [4.78, 5) is 6.73. The molecule has 152 valence electrons. The summed E-state index contributed by atoms with van der Waals surface area (Å²) in [6.07, 6.45) is 10.3. The fourth-order valence-electron chi connectivity index (χ4n) is 4.81. The van der Waals surface area contributed by atoms with E-state index < -0.39 is 5.60 Å². The van der Waals surface area contributed by atoms with E-state index in [0.29, 0.717) is 25.5 Å². The molecule has 3 fully saturated rings. The van der Waals surface area contributed by atoms with Crippen LogP contribution in [0.2, 0.25) is 0 Å². The lowest BCUT2D eigenvalue weighted by atomic mass is 9.66. The lowest BCUT2D eigenvalue weighted by Crippen LogP contribution is -2.63. The van der Waals surface area contributed by atoms with Gasteiger partial charge in [-0.1, -0.05) is 36.3 Å². The molecule has 3 aliphatic rings. The molecule has 1 aromatic heterocycles. The molecule has 0 saturated carbocycles. The van der Waals surface area contributed by atoms with Crippen LogP contribution in [-0.2, 0) is 16.8 Å². The van der Waals surface area contributed by atoms with Gasteiger partial charge in [0.15, 0.2) is 0 Å². The van der Waals surface area contributed by atoms with Crippen LogP contribution in [0.3, 0.4) is 0 Å². The zero-order valence-electron chi connectivity index (χ0n) is 16.9. The first-order valence-electron chi connectivity index (χ1n) is 10.2. The van der Waals surface area contributed by atoms with E-state index in [4.69, 9.17) is 15.9 Å². The van der Waals surface area contributed by atoms with E-state index >= 15 is 0 Å². The van der Waals surface area contributed by atoms with Crippen molar-refractivity contribution in [3.05, 3.63) is 59.3 Å². The Labute approximate surface area is 172 Å². The number of terminal acetylenes is 1. The van der Waals surface area contributed by atoms with Crippen LogP contribution in [0.15, 0.2) is 42.6 Å². The van der Waals surface area contributed by atoms with Crippen molar-refractivity contribution in [2.45, 2.75) is 30.9 Å². The number of fused-ring (bicyclic) bond motifs is 3. The first-order chi connectivity index (χ1) is 14.2. The number of ether oxygens (including phenoxy) is 2. The molecule has 2 aromatic rings.